The summed E-state index contributed by atoms with van der Waals surface area (Å²) in [6.07, 6.45) is 4.84. The van der Waals surface area contributed by atoms with E-state index in [0.717, 1.165) is 24.9 Å². The first-order valence-corrected chi connectivity index (χ1v) is 14.0. The van der Waals surface area contributed by atoms with Crippen LogP contribution in [0.1, 0.15) is 69.3 Å². The largest absolute Gasteiger partial charge is 0.415 e. The summed E-state index contributed by atoms with van der Waals surface area (Å²) in [7, 11) is -1.82. The molecule has 1 aromatic carbocycles. The Kier molecular flexibility index (Phi) is 10.6. The summed E-state index contributed by atoms with van der Waals surface area (Å²) in [5, 5.41) is -0.326. The minimum absolute atomic E-state index is 0.102. The van der Waals surface area contributed by atoms with Crippen LogP contribution < -0.4 is 0 Å². The molecule has 0 saturated heterocycles. The summed E-state index contributed by atoms with van der Waals surface area (Å²) >= 11 is 5.50. The van der Waals surface area contributed by atoms with E-state index in [1.807, 2.05) is 4.90 Å². The highest BCUT2D eigenvalue weighted by atomic mass is 35.5. The molecule has 0 fully saturated rings. The SMILES string of the molecule is CCCCCCN(CCO[Si](C)(C)C(C)(C)C)C(=O)Cc1ccc(C(=O)Cl)cc1. The molecule has 0 aliphatic heterocycles. The van der Waals surface area contributed by atoms with Gasteiger partial charge < -0.3 is 9.33 Å². The van der Waals surface area contributed by atoms with Crippen LogP contribution in [0, 0.1) is 0 Å². The number of unbranched alkanes of at least 4 members (excludes halogenated alkanes) is 3. The Labute approximate surface area is 183 Å². The van der Waals surface area contributed by atoms with Crippen molar-refractivity contribution in [3.05, 3.63) is 35.4 Å². The molecule has 0 saturated carbocycles. The van der Waals surface area contributed by atoms with Gasteiger partial charge in [0.15, 0.2) is 8.32 Å². The second-order valence-corrected chi connectivity index (χ2v) is 14.4. The van der Waals surface area contributed by atoms with Gasteiger partial charge in [-0.25, -0.2) is 0 Å². The normalized spacial score (nSPS) is 12.1. The van der Waals surface area contributed by atoms with E-state index in [2.05, 4.69) is 40.8 Å². The lowest BCUT2D eigenvalue weighted by atomic mass is 10.1. The predicted molar refractivity (Wildman–Crippen MR) is 124 cm³/mol. The Morgan fingerprint density at radius 3 is 2.17 bits per heavy atom. The Bertz CT molecular complexity index is 653. The Morgan fingerprint density at radius 2 is 1.66 bits per heavy atom. The molecular formula is C23H38ClNO3Si. The molecule has 164 valence electrons. The molecule has 0 aliphatic carbocycles. The van der Waals surface area contributed by atoms with Crippen LogP contribution in [-0.4, -0.2) is 44.1 Å². The van der Waals surface area contributed by atoms with Crippen LogP contribution in [-0.2, 0) is 15.6 Å². The lowest BCUT2D eigenvalue weighted by Gasteiger charge is -2.37. The van der Waals surface area contributed by atoms with E-state index in [-0.39, 0.29) is 10.9 Å². The molecule has 1 aromatic rings. The highest BCUT2D eigenvalue weighted by Crippen LogP contribution is 2.36. The van der Waals surface area contributed by atoms with Gasteiger partial charge in [0.05, 0.1) is 13.0 Å². The van der Waals surface area contributed by atoms with Gasteiger partial charge in [0.1, 0.15) is 0 Å². The van der Waals surface area contributed by atoms with E-state index in [4.69, 9.17) is 16.0 Å². The molecule has 1 rings (SSSR count). The molecule has 29 heavy (non-hydrogen) atoms. The second kappa shape index (κ2) is 11.9. The van der Waals surface area contributed by atoms with Gasteiger partial charge in [0, 0.05) is 18.7 Å². The molecule has 0 spiro atoms. The lowest BCUT2D eigenvalue weighted by molar-refractivity contribution is -0.131. The van der Waals surface area contributed by atoms with Gasteiger partial charge in [0.25, 0.3) is 5.24 Å². The number of rotatable bonds is 12. The third kappa shape index (κ3) is 9.02. The van der Waals surface area contributed by atoms with Gasteiger partial charge in [-0.05, 0) is 53.9 Å². The van der Waals surface area contributed by atoms with Crippen LogP contribution >= 0.6 is 11.6 Å². The van der Waals surface area contributed by atoms with Crippen molar-refractivity contribution in [1.29, 1.82) is 0 Å². The quantitative estimate of drug-likeness (QED) is 0.226. The highest BCUT2D eigenvalue weighted by Gasteiger charge is 2.37. The number of halogens is 1. The van der Waals surface area contributed by atoms with Gasteiger partial charge >= 0.3 is 0 Å². The van der Waals surface area contributed by atoms with Crippen LogP contribution in [0.25, 0.3) is 0 Å². The topological polar surface area (TPSA) is 46.6 Å². The average molecular weight is 440 g/mol. The smallest absolute Gasteiger partial charge is 0.252 e. The molecule has 0 radical (unpaired) electrons. The zero-order valence-electron chi connectivity index (χ0n) is 19.0. The number of benzene rings is 1. The Balaban J connectivity index is 2.71. The lowest BCUT2D eigenvalue weighted by Crippen LogP contribution is -2.44. The first-order chi connectivity index (χ1) is 13.5. The number of carbonyl (C=O) groups is 2. The molecule has 6 heteroatoms. The zero-order valence-corrected chi connectivity index (χ0v) is 20.8. The van der Waals surface area contributed by atoms with E-state index in [1.54, 1.807) is 24.3 Å². The molecule has 0 aromatic heterocycles. The van der Waals surface area contributed by atoms with E-state index in [1.165, 1.54) is 12.8 Å². The number of hydrogen-bond donors (Lipinski definition) is 0. The monoisotopic (exact) mass is 439 g/mol. The summed E-state index contributed by atoms with van der Waals surface area (Å²) in [4.78, 5) is 26.1. The number of nitrogens with zero attached hydrogens (tertiary/aromatic N) is 1. The summed E-state index contributed by atoms with van der Waals surface area (Å²) in [6.45, 7) is 15.3. The van der Waals surface area contributed by atoms with Crippen molar-refractivity contribution in [1.82, 2.24) is 4.90 Å². The van der Waals surface area contributed by atoms with Crippen molar-refractivity contribution in [3.8, 4) is 0 Å². The third-order valence-corrected chi connectivity index (χ3v) is 10.6. The predicted octanol–water partition coefficient (Wildman–Crippen LogP) is 6.04. The summed E-state index contributed by atoms with van der Waals surface area (Å²) in [5.74, 6) is 0.102. The molecule has 1 amide bonds. The molecule has 0 heterocycles. The van der Waals surface area contributed by atoms with Crippen LogP contribution in [0.5, 0.6) is 0 Å². The van der Waals surface area contributed by atoms with Gasteiger partial charge in [-0.2, -0.15) is 0 Å². The van der Waals surface area contributed by atoms with Crippen LogP contribution in [0.3, 0.4) is 0 Å². The third-order valence-electron chi connectivity index (χ3n) is 5.80. The van der Waals surface area contributed by atoms with Crippen LogP contribution in [0.15, 0.2) is 24.3 Å². The molecule has 0 aliphatic rings. The Hall–Kier alpha value is -1.17. The van der Waals surface area contributed by atoms with Crippen molar-refractivity contribution in [3.63, 3.8) is 0 Å². The van der Waals surface area contributed by atoms with Crippen molar-refractivity contribution in [2.45, 2.75) is 77.9 Å². The summed E-state index contributed by atoms with van der Waals surface area (Å²) < 4.78 is 6.29. The number of carbonyl (C=O) groups excluding carboxylic acids is 2. The molecule has 0 unspecified atom stereocenters. The van der Waals surface area contributed by atoms with Crippen molar-refractivity contribution in [2.75, 3.05) is 19.7 Å². The molecule has 4 nitrogen and oxygen atoms in total. The minimum atomic E-state index is -1.82. The minimum Gasteiger partial charge on any atom is -0.415 e. The van der Waals surface area contributed by atoms with Crippen molar-refractivity contribution < 1.29 is 14.0 Å². The van der Waals surface area contributed by atoms with Gasteiger partial charge in [-0.3, -0.25) is 9.59 Å². The van der Waals surface area contributed by atoms with Gasteiger partial charge in [0.2, 0.25) is 5.91 Å². The maximum absolute atomic E-state index is 12.9. The van der Waals surface area contributed by atoms with Crippen molar-refractivity contribution in [2.24, 2.45) is 0 Å². The molecule has 0 N–H and O–H groups in total. The standard InChI is InChI=1S/C23H38ClNO3Si/c1-7-8-9-10-15-25(16-17-28-29(5,6)23(2,3)4)21(26)18-19-11-13-20(14-12-19)22(24)27/h11-14H,7-10,15-18H2,1-6H3. The molecular weight excluding hydrogens is 402 g/mol. The summed E-state index contributed by atoms with van der Waals surface area (Å²) in [5.41, 5.74) is 1.34. The highest BCUT2D eigenvalue weighted by molar-refractivity contribution is 6.74. The van der Waals surface area contributed by atoms with E-state index in [0.29, 0.717) is 25.1 Å². The van der Waals surface area contributed by atoms with E-state index < -0.39 is 13.6 Å². The number of hydrogen-bond acceptors (Lipinski definition) is 3. The molecule has 0 atom stereocenters. The maximum Gasteiger partial charge on any atom is 0.252 e. The van der Waals surface area contributed by atoms with Crippen molar-refractivity contribution >= 4 is 31.1 Å². The van der Waals surface area contributed by atoms with E-state index in [9.17, 15) is 9.59 Å². The average Bonchev–Trinajstić information content (AvgIpc) is 2.63. The maximum atomic E-state index is 12.9. The Morgan fingerprint density at radius 1 is 1.03 bits per heavy atom. The molecule has 0 bridgehead atoms. The first-order valence-electron chi connectivity index (χ1n) is 10.7. The van der Waals surface area contributed by atoms with E-state index >= 15 is 0 Å². The fraction of sp³-hybridized carbons (Fsp3) is 0.652. The van der Waals surface area contributed by atoms with Crippen LogP contribution in [0.4, 0.5) is 0 Å². The number of amides is 1. The van der Waals surface area contributed by atoms with Gasteiger partial charge in [-0.15, -0.1) is 0 Å². The fourth-order valence-corrected chi connectivity index (χ4v) is 3.92. The van der Waals surface area contributed by atoms with Gasteiger partial charge in [-0.1, -0.05) is 59.1 Å². The second-order valence-electron chi connectivity index (χ2n) is 9.20. The fourth-order valence-electron chi connectivity index (χ4n) is 2.76. The first kappa shape index (κ1) is 25.9. The van der Waals surface area contributed by atoms with Crippen LogP contribution in [0.2, 0.25) is 18.1 Å². The zero-order chi connectivity index (χ0) is 22.1. The summed E-state index contributed by atoms with van der Waals surface area (Å²) in [6, 6.07) is 6.94.